The summed E-state index contributed by atoms with van der Waals surface area (Å²) in [7, 11) is 0. The molecule has 0 unspecified atom stereocenters. The molecular weight excluding hydrogens is 487 g/mol. The Balaban J connectivity index is 1.44. The van der Waals surface area contributed by atoms with E-state index in [1.54, 1.807) is 18.3 Å². The topological polar surface area (TPSA) is 66.4 Å². The Hall–Kier alpha value is -3.17. The Morgan fingerprint density at radius 3 is 2.78 bits per heavy atom. The molecule has 194 valence electrons. The summed E-state index contributed by atoms with van der Waals surface area (Å²) in [6.45, 7) is 6.88. The van der Waals surface area contributed by atoms with Crippen LogP contribution in [0.5, 0.6) is 5.88 Å². The summed E-state index contributed by atoms with van der Waals surface area (Å²) < 4.78 is 23.0. The molecule has 0 radical (unpaired) electrons. The van der Waals surface area contributed by atoms with Gasteiger partial charge in [-0.25, -0.2) is 23.6 Å². The van der Waals surface area contributed by atoms with E-state index in [0.717, 1.165) is 63.3 Å². The van der Waals surface area contributed by atoms with Crippen LogP contribution in [-0.2, 0) is 6.42 Å². The van der Waals surface area contributed by atoms with Crippen molar-refractivity contribution in [1.29, 1.82) is 0 Å². The average Bonchev–Trinajstić information content (AvgIpc) is 2.92. The molecule has 0 spiro atoms. The van der Waals surface area contributed by atoms with Crippen LogP contribution in [0.3, 0.4) is 0 Å². The van der Waals surface area contributed by atoms with Gasteiger partial charge in [-0.05, 0) is 55.5 Å². The van der Waals surface area contributed by atoms with Crippen LogP contribution in [0.2, 0.25) is 0 Å². The third-order valence-corrected chi connectivity index (χ3v) is 7.49. The number of halogens is 1. The number of hydrogen-bond acceptors (Lipinski definition) is 8. The number of ether oxygens (including phenoxy) is 1. The summed E-state index contributed by atoms with van der Waals surface area (Å²) in [6, 6.07) is 9.90. The van der Waals surface area contributed by atoms with Gasteiger partial charge in [0.15, 0.2) is 5.82 Å². The predicted octanol–water partition coefficient (Wildman–Crippen LogP) is 5.87. The fraction of sp³-hybridized carbons (Fsp3) is 0.393. The van der Waals surface area contributed by atoms with E-state index in [1.165, 1.54) is 17.4 Å². The van der Waals surface area contributed by atoms with Crippen molar-refractivity contribution in [2.24, 2.45) is 0 Å². The Labute approximate surface area is 222 Å². The lowest BCUT2D eigenvalue weighted by molar-refractivity contribution is 0.312. The van der Waals surface area contributed by atoms with Crippen molar-refractivity contribution in [3.63, 3.8) is 0 Å². The number of piperazine rings is 1. The molecule has 0 atom stereocenters. The lowest BCUT2D eigenvalue weighted by Crippen LogP contribution is -2.43. The first kappa shape index (κ1) is 25.5. The van der Waals surface area contributed by atoms with E-state index in [-0.39, 0.29) is 5.69 Å². The van der Waals surface area contributed by atoms with Gasteiger partial charge < -0.3 is 15.0 Å². The number of anilines is 3. The molecule has 4 heterocycles. The van der Waals surface area contributed by atoms with Gasteiger partial charge in [-0.1, -0.05) is 31.0 Å². The smallest absolute Gasteiger partial charge is 0.227 e. The van der Waals surface area contributed by atoms with Crippen LogP contribution < -0.4 is 15.0 Å². The number of aromatic nitrogens is 3. The van der Waals surface area contributed by atoms with E-state index in [1.807, 2.05) is 11.9 Å². The highest BCUT2D eigenvalue weighted by atomic mass is 32.2. The zero-order valence-electron chi connectivity index (χ0n) is 21.2. The summed E-state index contributed by atoms with van der Waals surface area (Å²) in [5.74, 6) is 1.43. The van der Waals surface area contributed by atoms with E-state index in [4.69, 9.17) is 4.74 Å². The number of pyridine rings is 1. The molecule has 3 aromatic rings. The molecule has 9 heteroatoms. The maximum Gasteiger partial charge on any atom is 0.227 e. The minimum Gasteiger partial charge on any atom is -0.477 e. The van der Waals surface area contributed by atoms with Gasteiger partial charge >= 0.3 is 0 Å². The number of nitrogens with one attached hydrogen (secondary N) is 1. The largest absolute Gasteiger partial charge is 0.477 e. The maximum absolute atomic E-state index is 14.7. The van der Waals surface area contributed by atoms with Crippen molar-refractivity contribution in [3.8, 4) is 17.1 Å². The van der Waals surface area contributed by atoms with Crippen LogP contribution in [0.1, 0.15) is 31.7 Å². The standard InChI is InChI=1S/C28H33FN6OS/c1-2-37-35-15-13-34(14-16-35)25-10-9-23-18-21(25)8-6-4-3-5-7-17-36-26-19-22(11-12-30-26)27-24(29)20-31-28(32-23)33-27/h3,5,9-12,18-20H,2,4,6-8,13-17H2,1H3,(H,31,32,33)/b5-3+. The summed E-state index contributed by atoms with van der Waals surface area (Å²) in [4.78, 5) is 15.4. The van der Waals surface area contributed by atoms with Crippen LogP contribution in [0, 0.1) is 5.82 Å². The summed E-state index contributed by atoms with van der Waals surface area (Å²) >= 11 is 1.92. The van der Waals surface area contributed by atoms with Gasteiger partial charge in [0, 0.05) is 61.1 Å². The molecular formula is C28H33FN6OS. The Kier molecular flexibility index (Phi) is 8.53. The Bertz CT molecular complexity index is 1230. The van der Waals surface area contributed by atoms with Crippen molar-refractivity contribution >= 4 is 29.3 Å². The number of benzene rings is 1. The van der Waals surface area contributed by atoms with Gasteiger partial charge in [0.25, 0.3) is 0 Å². The third-order valence-electron chi connectivity index (χ3n) is 6.50. The Morgan fingerprint density at radius 2 is 1.92 bits per heavy atom. The molecule has 0 saturated carbocycles. The zero-order chi connectivity index (χ0) is 25.5. The summed E-state index contributed by atoms with van der Waals surface area (Å²) in [5, 5.41) is 3.30. The van der Waals surface area contributed by atoms with Crippen molar-refractivity contribution in [3.05, 3.63) is 66.3 Å². The molecule has 7 nitrogen and oxygen atoms in total. The summed E-state index contributed by atoms with van der Waals surface area (Å²) in [6.07, 6.45) is 11.0. The molecule has 2 aliphatic heterocycles. The molecule has 1 fully saturated rings. The first-order valence-corrected chi connectivity index (χ1v) is 13.9. The Morgan fingerprint density at radius 1 is 1.05 bits per heavy atom. The van der Waals surface area contributed by atoms with Gasteiger partial charge in [-0.2, -0.15) is 0 Å². The molecule has 1 N–H and O–H groups in total. The average molecular weight is 521 g/mol. The minimum atomic E-state index is -0.489. The molecule has 0 amide bonds. The van der Waals surface area contributed by atoms with Crippen molar-refractivity contribution in [2.75, 3.05) is 48.8 Å². The highest BCUT2D eigenvalue weighted by molar-refractivity contribution is 7.96. The zero-order valence-corrected chi connectivity index (χ0v) is 22.0. The van der Waals surface area contributed by atoms with E-state index in [9.17, 15) is 4.39 Å². The van der Waals surface area contributed by atoms with Gasteiger partial charge in [0.05, 0.1) is 12.8 Å². The number of allylic oxidation sites excluding steroid dienone is 1. The number of fused-ring (bicyclic) bond motifs is 7. The second-order valence-corrected chi connectivity index (χ2v) is 10.4. The van der Waals surface area contributed by atoms with E-state index >= 15 is 0 Å². The number of nitrogens with zero attached hydrogens (tertiary/aromatic N) is 5. The van der Waals surface area contributed by atoms with E-state index < -0.39 is 5.82 Å². The second kappa shape index (κ2) is 12.4. The molecule has 0 aliphatic carbocycles. The first-order chi connectivity index (χ1) is 18.2. The van der Waals surface area contributed by atoms with Gasteiger partial charge in [-0.15, -0.1) is 0 Å². The van der Waals surface area contributed by atoms with Gasteiger partial charge in [0.1, 0.15) is 5.69 Å². The monoisotopic (exact) mass is 520 g/mol. The molecule has 6 bridgehead atoms. The first-order valence-electron chi connectivity index (χ1n) is 13.0. The van der Waals surface area contributed by atoms with Crippen LogP contribution in [0.15, 0.2) is 54.9 Å². The lowest BCUT2D eigenvalue weighted by Gasteiger charge is -2.36. The number of rotatable bonds is 3. The SMILES string of the molecule is CCSN1CCN(c2ccc3cc2CCC/C=C/CCOc2cc(ccn2)-c2nc(ncc2F)N3)CC1. The minimum absolute atomic E-state index is 0.213. The molecule has 1 saturated heterocycles. The molecule has 2 aromatic heterocycles. The quantitative estimate of drug-likeness (QED) is 0.340. The van der Waals surface area contributed by atoms with Crippen molar-refractivity contribution in [2.45, 2.75) is 32.6 Å². The highest BCUT2D eigenvalue weighted by Gasteiger charge is 2.20. The van der Waals surface area contributed by atoms with E-state index in [0.29, 0.717) is 24.0 Å². The van der Waals surface area contributed by atoms with Crippen LogP contribution in [-0.4, -0.2) is 57.8 Å². The van der Waals surface area contributed by atoms with Crippen LogP contribution in [0.25, 0.3) is 11.3 Å². The van der Waals surface area contributed by atoms with Crippen LogP contribution in [0.4, 0.5) is 21.7 Å². The summed E-state index contributed by atoms with van der Waals surface area (Å²) in [5.41, 5.74) is 4.31. The molecule has 2 aliphatic rings. The molecule has 1 aromatic carbocycles. The number of aryl methyl sites for hydroxylation is 1. The molecule has 37 heavy (non-hydrogen) atoms. The molecule has 5 rings (SSSR count). The van der Waals surface area contributed by atoms with Gasteiger partial charge in [-0.3, -0.25) is 0 Å². The maximum atomic E-state index is 14.7. The lowest BCUT2D eigenvalue weighted by atomic mass is 10.0. The number of hydrogen-bond donors (Lipinski definition) is 1. The normalized spacial score (nSPS) is 17.7. The highest BCUT2D eigenvalue weighted by Crippen LogP contribution is 2.30. The van der Waals surface area contributed by atoms with Gasteiger partial charge in [0.2, 0.25) is 11.8 Å². The van der Waals surface area contributed by atoms with Crippen molar-refractivity contribution in [1.82, 2.24) is 19.3 Å². The van der Waals surface area contributed by atoms with Crippen molar-refractivity contribution < 1.29 is 9.13 Å². The second-order valence-electron chi connectivity index (χ2n) is 9.08. The fourth-order valence-corrected chi connectivity index (χ4v) is 5.47. The van der Waals surface area contributed by atoms with E-state index in [2.05, 4.69) is 66.7 Å². The van der Waals surface area contributed by atoms with Crippen LogP contribution >= 0.6 is 11.9 Å². The third kappa shape index (κ3) is 6.59. The predicted molar refractivity (Wildman–Crippen MR) is 149 cm³/mol. The fourth-order valence-electron chi connectivity index (χ4n) is 4.68.